The van der Waals surface area contributed by atoms with Crippen molar-refractivity contribution in [1.82, 2.24) is 10.3 Å². The van der Waals surface area contributed by atoms with Crippen LogP contribution in [0.25, 0.3) is 0 Å². The predicted octanol–water partition coefficient (Wildman–Crippen LogP) is 3.10. The van der Waals surface area contributed by atoms with Crippen molar-refractivity contribution in [3.8, 4) is 0 Å². The number of allylic oxidation sites excluding steroid dienone is 2. The lowest BCUT2D eigenvalue weighted by Crippen LogP contribution is -2.23. The van der Waals surface area contributed by atoms with Gasteiger partial charge in [-0.05, 0) is 41.5 Å². The lowest BCUT2D eigenvalue weighted by molar-refractivity contribution is -0.118. The number of likely N-dealkylation sites (N-methyl/N-ethyl adjacent to an activating group) is 1. The van der Waals surface area contributed by atoms with Crippen molar-refractivity contribution in [3.05, 3.63) is 58.7 Å². The van der Waals surface area contributed by atoms with Crippen LogP contribution in [0.1, 0.15) is 37.5 Å². The summed E-state index contributed by atoms with van der Waals surface area (Å²) in [6.07, 6.45) is 5.76. The van der Waals surface area contributed by atoms with Crippen LogP contribution in [-0.2, 0) is 22.4 Å². The van der Waals surface area contributed by atoms with Crippen LogP contribution in [-0.4, -0.2) is 37.6 Å². The molecule has 0 spiro atoms. The van der Waals surface area contributed by atoms with Gasteiger partial charge in [0.15, 0.2) is 0 Å². The fourth-order valence-corrected chi connectivity index (χ4v) is 2.57. The quantitative estimate of drug-likeness (QED) is 0.243. The normalized spacial score (nSPS) is 11.7. The third-order valence-electron chi connectivity index (χ3n) is 4.04. The van der Waals surface area contributed by atoms with Gasteiger partial charge < -0.3 is 5.32 Å². The first-order chi connectivity index (χ1) is 12.3. The molecule has 0 saturated carbocycles. The second kappa shape index (κ2) is 10.3. The van der Waals surface area contributed by atoms with Crippen LogP contribution in [0.15, 0.2) is 47.1 Å². The van der Waals surface area contributed by atoms with Crippen molar-refractivity contribution in [3.63, 3.8) is 0 Å². The van der Waals surface area contributed by atoms with Gasteiger partial charge in [-0.15, -0.1) is 0 Å². The number of rotatable bonds is 9. The minimum atomic E-state index is -0.0669. The molecule has 1 aromatic carbocycles. The highest BCUT2D eigenvalue weighted by Gasteiger charge is 2.12. The highest BCUT2D eigenvalue weighted by atomic mass is 16.2. The molecule has 1 N–H and O–H groups in total. The zero-order chi connectivity index (χ0) is 19.7. The van der Waals surface area contributed by atoms with E-state index in [1.165, 1.54) is 16.1 Å². The Morgan fingerprint density at radius 2 is 2.04 bits per heavy atom. The van der Waals surface area contributed by atoms with Crippen molar-refractivity contribution in [2.75, 3.05) is 14.1 Å². The molecule has 0 aliphatic heterocycles. The zero-order valence-corrected chi connectivity index (χ0v) is 16.4. The minimum absolute atomic E-state index is 0.0669. The number of hydrazone groups is 1. The summed E-state index contributed by atoms with van der Waals surface area (Å²) in [6.45, 7) is 10.2. The number of amides is 2. The smallest absolute Gasteiger partial charge is 0.247 e. The lowest BCUT2D eigenvalue weighted by Gasteiger charge is -2.13. The van der Waals surface area contributed by atoms with Gasteiger partial charge in [0.25, 0.3) is 0 Å². The van der Waals surface area contributed by atoms with Gasteiger partial charge in [-0.3, -0.25) is 9.59 Å². The maximum absolute atomic E-state index is 12.0. The summed E-state index contributed by atoms with van der Waals surface area (Å²) in [5.74, 6) is 0.0634. The van der Waals surface area contributed by atoms with E-state index in [9.17, 15) is 9.59 Å². The number of nitrogens with zero attached hydrogens (tertiary/aromatic N) is 2. The van der Waals surface area contributed by atoms with Crippen molar-refractivity contribution in [2.45, 2.75) is 33.6 Å². The Morgan fingerprint density at radius 1 is 1.35 bits per heavy atom. The molecule has 5 heteroatoms. The van der Waals surface area contributed by atoms with Crippen molar-refractivity contribution in [1.29, 1.82) is 0 Å². The van der Waals surface area contributed by atoms with Gasteiger partial charge in [0, 0.05) is 19.7 Å². The van der Waals surface area contributed by atoms with Gasteiger partial charge >= 0.3 is 0 Å². The Balaban J connectivity index is 3.02. The van der Waals surface area contributed by atoms with Gasteiger partial charge in [-0.1, -0.05) is 51.1 Å². The number of carbonyl (C=O) groups is 2. The van der Waals surface area contributed by atoms with Gasteiger partial charge in [0.1, 0.15) is 0 Å². The maximum Gasteiger partial charge on any atom is 0.247 e. The van der Waals surface area contributed by atoms with Crippen molar-refractivity contribution >= 4 is 18.5 Å². The Labute approximate surface area is 156 Å². The summed E-state index contributed by atoms with van der Waals surface area (Å²) in [6, 6.07) is 6.08. The number of benzene rings is 1. The van der Waals surface area contributed by atoms with Gasteiger partial charge in [-0.2, -0.15) is 5.10 Å². The molecule has 0 fully saturated rings. The molecule has 0 aromatic heterocycles. The minimum Gasteiger partial charge on any atom is -0.355 e. The van der Waals surface area contributed by atoms with Gasteiger partial charge in [-0.25, -0.2) is 5.01 Å². The fraction of sp³-hybridized carbons (Fsp3) is 0.381. The molecule has 2 amide bonds. The van der Waals surface area contributed by atoms with Crippen LogP contribution < -0.4 is 5.32 Å². The molecule has 0 unspecified atom stereocenters. The summed E-state index contributed by atoms with van der Waals surface area (Å²) in [5.41, 5.74) is 4.94. The van der Waals surface area contributed by atoms with Gasteiger partial charge in [0.2, 0.25) is 12.3 Å². The monoisotopic (exact) mass is 355 g/mol. The third kappa shape index (κ3) is 6.31. The number of hydrogen-bond donors (Lipinski definition) is 1. The summed E-state index contributed by atoms with van der Waals surface area (Å²) in [5, 5.41) is 7.94. The van der Waals surface area contributed by atoms with Crippen LogP contribution in [0.2, 0.25) is 0 Å². The molecule has 0 saturated heterocycles. The zero-order valence-electron chi connectivity index (χ0n) is 16.4. The molecule has 26 heavy (non-hydrogen) atoms. The van der Waals surface area contributed by atoms with E-state index in [0.717, 1.165) is 23.1 Å². The van der Waals surface area contributed by atoms with E-state index in [4.69, 9.17) is 0 Å². The Bertz CT molecular complexity index is 718. The van der Waals surface area contributed by atoms with E-state index in [2.05, 4.69) is 36.1 Å². The van der Waals surface area contributed by atoms with Gasteiger partial charge in [0.05, 0.1) is 6.21 Å². The molecule has 0 bridgehead atoms. The number of carbonyl (C=O) groups excluding carboxylic acids is 2. The molecular weight excluding hydrogens is 326 g/mol. The Hall–Kier alpha value is -2.69. The molecule has 0 aliphatic carbocycles. The van der Waals surface area contributed by atoms with Crippen molar-refractivity contribution < 1.29 is 9.59 Å². The third-order valence-corrected chi connectivity index (χ3v) is 4.04. The standard InChI is InChI=1S/C21H29N3O2/c1-7-18-12-17(13-23-24(6)14-25)8-9-19(18)10-16(4)11-20(15(2)3)21(26)22-5/h8-9,11-15H,4,7,10H2,1-3,5-6H3,(H,22,26)/b20-11-,23-13+. The molecule has 0 heterocycles. The van der Waals surface area contributed by atoms with E-state index in [1.54, 1.807) is 20.3 Å². The van der Waals surface area contributed by atoms with E-state index in [0.29, 0.717) is 12.8 Å². The maximum atomic E-state index is 12.0. The first-order valence-electron chi connectivity index (χ1n) is 8.77. The van der Waals surface area contributed by atoms with Crippen LogP contribution in [0, 0.1) is 5.92 Å². The molecule has 5 nitrogen and oxygen atoms in total. The fourth-order valence-electron chi connectivity index (χ4n) is 2.57. The van der Waals surface area contributed by atoms with Crippen LogP contribution in [0.5, 0.6) is 0 Å². The molecule has 0 atom stereocenters. The summed E-state index contributed by atoms with van der Waals surface area (Å²) in [4.78, 5) is 22.6. The average molecular weight is 355 g/mol. The van der Waals surface area contributed by atoms with E-state index in [-0.39, 0.29) is 11.8 Å². The second-order valence-electron chi connectivity index (χ2n) is 6.47. The Morgan fingerprint density at radius 3 is 2.58 bits per heavy atom. The molecule has 0 radical (unpaired) electrons. The highest BCUT2D eigenvalue weighted by Crippen LogP contribution is 2.19. The van der Waals surface area contributed by atoms with Crippen LogP contribution in [0.4, 0.5) is 0 Å². The van der Waals surface area contributed by atoms with E-state index >= 15 is 0 Å². The number of aryl methyl sites for hydroxylation is 1. The largest absolute Gasteiger partial charge is 0.355 e. The number of nitrogens with one attached hydrogen (secondary N) is 1. The molecule has 1 rings (SSSR count). The number of hydrogen-bond acceptors (Lipinski definition) is 3. The SMILES string of the molecule is C=C(/C=C(\C(=O)NC)C(C)C)Cc1ccc(/C=N/N(C)C=O)cc1CC. The summed E-state index contributed by atoms with van der Waals surface area (Å²) >= 11 is 0. The van der Waals surface area contributed by atoms with E-state index in [1.807, 2.05) is 26.0 Å². The Kier molecular flexibility index (Phi) is 8.49. The average Bonchev–Trinajstić information content (AvgIpc) is 2.63. The van der Waals surface area contributed by atoms with Crippen molar-refractivity contribution in [2.24, 2.45) is 11.0 Å². The summed E-state index contributed by atoms with van der Waals surface area (Å²) in [7, 11) is 3.23. The lowest BCUT2D eigenvalue weighted by atomic mass is 9.94. The van der Waals surface area contributed by atoms with E-state index < -0.39 is 0 Å². The predicted molar refractivity (Wildman–Crippen MR) is 107 cm³/mol. The molecular formula is C21H29N3O2. The molecule has 0 aliphatic rings. The van der Waals surface area contributed by atoms with Crippen LogP contribution in [0.3, 0.4) is 0 Å². The second-order valence-corrected chi connectivity index (χ2v) is 6.47. The topological polar surface area (TPSA) is 61.8 Å². The first-order valence-corrected chi connectivity index (χ1v) is 8.77. The van der Waals surface area contributed by atoms with Crippen LogP contribution >= 0.6 is 0 Å². The molecule has 140 valence electrons. The summed E-state index contributed by atoms with van der Waals surface area (Å²) < 4.78 is 0. The first kappa shape index (κ1) is 21.4. The molecule has 1 aromatic rings. The highest BCUT2D eigenvalue weighted by molar-refractivity contribution is 5.94.